The van der Waals surface area contributed by atoms with Gasteiger partial charge in [-0.2, -0.15) is 20.1 Å². The topological polar surface area (TPSA) is 68.5 Å². The number of nitrogens with one attached hydrogen (secondary N) is 1. The summed E-state index contributed by atoms with van der Waals surface area (Å²) in [6.07, 6.45) is 3.51. The van der Waals surface area contributed by atoms with Gasteiger partial charge in [0.2, 0.25) is 5.95 Å². The summed E-state index contributed by atoms with van der Waals surface area (Å²) < 4.78 is 1.63. The van der Waals surface area contributed by atoms with Crippen LogP contribution in [0.25, 0.3) is 5.95 Å². The molecule has 2 rings (SSSR count). The molecule has 6 nitrogen and oxygen atoms in total. The second-order valence-corrected chi connectivity index (χ2v) is 5.43. The van der Waals surface area contributed by atoms with Gasteiger partial charge in [0.05, 0.1) is 0 Å². The molecule has 0 aliphatic carbocycles. The third kappa shape index (κ3) is 3.19. The second-order valence-electron chi connectivity index (χ2n) is 3.89. The molecule has 7 heteroatoms. The van der Waals surface area contributed by atoms with Gasteiger partial charge in [-0.05, 0) is 13.0 Å². The zero-order valence-electron chi connectivity index (χ0n) is 10.7. The fourth-order valence-electron chi connectivity index (χ4n) is 1.34. The minimum atomic E-state index is 0.423. The summed E-state index contributed by atoms with van der Waals surface area (Å²) in [7, 11) is 0. The molecular weight excluding hydrogens is 248 g/mol. The van der Waals surface area contributed by atoms with Crippen molar-refractivity contribution in [2.75, 3.05) is 11.9 Å². The Morgan fingerprint density at radius 3 is 2.78 bits per heavy atom. The van der Waals surface area contributed by atoms with Gasteiger partial charge < -0.3 is 5.32 Å². The van der Waals surface area contributed by atoms with E-state index in [1.54, 1.807) is 22.6 Å². The number of hydrogen-bond acceptors (Lipinski definition) is 6. The number of hydrogen-bond donors (Lipinski definition) is 1. The first-order valence-electron chi connectivity index (χ1n) is 5.85. The fourth-order valence-corrected chi connectivity index (χ4v) is 2.03. The van der Waals surface area contributed by atoms with Crippen molar-refractivity contribution in [3.63, 3.8) is 0 Å². The van der Waals surface area contributed by atoms with Gasteiger partial charge in [-0.3, -0.25) is 0 Å². The van der Waals surface area contributed by atoms with Crippen LogP contribution in [0.5, 0.6) is 0 Å². The zero-order chi connectivity index (χ0) is 13.0. The normalized spacial score (nSPS) is 10.9. The van der Waals surface area contributed by atoms with E-state index in [1.807, 2.05) is 19.2 Å². The smallest absolute Gasteiger partial charge is 0.256 e. The monoisotopic (exact) mass is 264 g/mol. The molecule has 0 aromatic carbocycles. The molecule has 0 aliphatic rings. The van der Waals surface area contributed by atoms with E-state index < -0.39 is 0 Å². The van der Waals surface area contributed by atoms with E-state index in [1.165, 1.54) is 0 Å². The van der Waals surface area contributed by atoms with Gasteiger partial charge in [0, 0.05) is 24.2 Å². The number of anilines is 1. The molecule has 0 fully saturated rings. The minimum Gasteiger partial charge on any atom is -0.354 e. The van der Waals surface area contributed by atoms with Crippen molar-refractivity contribution in [3.05, 3.63) is 18.5 Å². The molecule has 0 unspecified atom stereocenters. The summed E-state index contributed by atoms with van der Waals surface area (Å²) in [5, 5.41) is 8.37. The van der Waals surface area contributed by atoms with Crippen molar-refractivity contribution in [3.8, 4) is 5.95 Å². The maximum atomic E-state index is 4.40. The Balaban J connectivity index is 2.36. The van der Waals surface area contributed by atoms with E-state index in [9.17, 15) is 0 Å². The minimum absolute atomic E-state index is 0.423. The summed E-state index contributed by atoms with van der Waals surface area (Å²) >= 11 is 1.61. The Morgan fingerprint density at radius 2 is 2.17 bits per heavy atom. The Kier molecular flexibility index (Phi) is 4.14. The Morgan fingerprint density at radius 1 is 1.33 bits per heavy atom. The van der Waals surface area contributed by atoms with Crippen LogP contribution in [0.3, 0.4) is 0 Å². The highest BCUT2D eigenvalue weighted by Crippen LogP contribution is 2.20. The van der Waals surface area contributed by atoms with Gasteiger partial charge in [-0.1, -0.05) is 25.6 Å². The van der Waals surface area contributed by atoms with E-state index in [4.69, 9.17) is 0 Å². The molecule has 96 valence electrons. The predicted molar refractivity (Wildman–Crippen MR) is 72.1 cm³/mol. The van der Waals surface area contributed by atoms with Crippen LogP contribution in [0.4, 0.5) is 5.95 Å². The average Bonchev–Trinajstić information content (AvgIpc) is 2.81. The number of rotatable bonds is 5. The largest absolute Gasteiger partial charge is 0.354 e. The van der Waals surface area contributed by atoms with Gasteiger partial charge >= 0.3 is 0 Å². The number of thioether (sulfide) groups is 1. The third-order valence-corrected chi connectivity index (χ3v) is 2.85. The molecule has 0 radical (unpaired) electrons. The lowest BCUT2D eigenvalue weighted by Crippen LogP contribution is -2.10. The SMILES string of the molecule is CCNc1nc(SC(C)C)nc(-n2cccn2)n1. The maximum Gasteiger partial charge on any atom is 0.256 e. The molecular formula is C11H16N6S. The van der Waals surface area contributed by atoms with Crippen LogP contribution < -0.4 is 5.32 Å². The lowest BCUT2D eigenvalue weighted by Gasteiger charge is -2.08. The average molecular weight is 264 g/mol. The zero-order valence-corrected chi connectivity index (χ0v) is 11.5. The molecule has 0 spiro atoms. The molecule has 0 saturated carbocycles. The van der Waals surface area contributed by atoms with E-state index >= 15 is 0 Å². The van der Waals surface area contributed by atoms with Crippen LogP contribution in [0.2, 0.25) is 0 Å². The van der Waals surface area contributed by atoms with Crippen LogP contribution in [0.1, 0.15) is 20.8 Å². The van der Waals surface area contributed by atoms with Gasteiger partial charge in [0.25, 0.3) is 5.95 Å². The van der Waals surface area contributed by atoms with Crippen molar-refractivity contribution in [1.82, 2.24) is 24.7 Å². The quantitative estimate of drug-likeness (QED) is 0.833. The molecule has 0 bridgehead atoms. The van der Waals surface area contributed by atoms with Gasteiger partial charge in [0.1, 0.15) is 0 Å². The van der Waals surface area contributed by atoms with Crippen molar-refractivity contribution in [1.29, 1.82) is 0 Å². The van der Waals surface area contributed by atoms with Crippen LogP contribution >= 0.6 is 11.8 Å². The number of nitrogens with zero attached hydrogens (tertiary/aromatic N) is 5. The van der Waals surface area contributed by atoms with Crippen LogP contribution in [-0.4, -0.2) is 36.5 Å². The van der Waals surface area contributed by atoms with Gasteiger partial charge in [-0.15, -0.1) is 0 Å². The van der Waals surface area contributed by atoms with Crippen molar-refractivity contribution < 1.29 is 0 Å². The van der Waals surface area contributed by atoms with Gasteiger partial charge in [-0.25, -0.2) is 4.68 Å². The van der Waals surface area contributed by atoms with Crippen LogP contribution in [0, 0.1) is 0 Å². The van der Waals surface area contributed by atoms with Crippen molar-refractivity contribution >= 4 is 17.7 Å². The molecule has 2 heterocycles. The Labute approximate surface area is 110 Å². The van der Waals surface area contributed by atoms with Crippen LogP contribution in [-0.2, 0) is 0 Å². The molecule has 0 atom stereocenters. The van der Waals surface area contributed by atoms with E-state index in [0.717, 1.165) is 6.54 Å². The molecule has 1 N–H and O–H groups in total. The predicted octanol–water partition coefficient (Wildman–Crippen LogP) is 1.99. The standard InChI is InChI=1S/C11H16N6S/c1-4-12-9-14-10(17-7-5-6-13-17)16-11(15-9)18-8(2)3/h5-8H,4H2,1-3H3,(H,12,14,15,16). The number of aromatic nitrogens is 5. The summed E-state index contributed by atoms with van der Waals surface area (Å²) in [6.45, 7) is 6.99. The van der Waals surface area contributed by atoms with Crippen molar-refractivity contribution in [2.45, 2.75) is 31.2 Å². The molecule has 0 aliphatic heterocycles. The first kappa shape index (κ1) is 12.8. The Bertz CT molecular complexity index is 496. The van der Waals surface area contributed by atoms with Gasteiger partial charge in [0.15, 0.2) is 5.16 Å². The third-order valence-electron chi connectivity index (χ3n) is 1.99. The van der Waals surface area contributed by atoms with Crippen LogP contribution in [0.15, 0.2) is 23.6 Å². The summed E-state index contributed by atoms with van der Waals surface area (Å²) in [5.74, 6) is 1.12. The second kappa shape index (κ2) is 5.81. The van der Waals surface area contributed by atoms with Crippen molar-refractivity contribution in [2.24, 2.45) is 0 Å². The maximum absolute atomic E-state index is 4.40. The molecule has 2 aromatic rings. The molecule has 0 saturated heterocycles. The lowest BCUT2D eigenvalue weighted by atomic mass is 10.6. The molecule has 0 amide bonds. The highest BCUT2D eigenvalue weighted by Gasteiger charge is 2.09. The van der Waals surface area contributed by atoms with E-state index in [-0.39, 0.29) is 0 Å². The molecule has 18 heavy (non-hydrogen) atoms. The summed E-state index contributed by atoms with van der Waals surface area (Å²) in [4.78, 5) is 13.1. The Hall–Kier alpha value is -1.63. The highest BCUT2D eigenvalue weighted by molar-refractivity contribution is 7.99. The van der Waals surface area contributed by atoms with E-state index in [0.29, 0.717) is 22.3 Å². The fraction of sp³-hybridized carbons (Fsp3) is 0.455. The summed E-state index contributed by atoms with van der Waals surface area (Å²) in [6, 6.07) is 1.84. The van der Waals surface area contributed by atoms with E-state index in [2.05, 4.69) is 39.2 Å². The first-order chi connectivity index (χ1) is 8.69. The summed E-state index contributed by atoms with van der Waals surface area (Å²) in [5.41, 5.74) is 0. The first-order valence-corrected chi connectivity index (χ1v) is 6.73. The highest BCUT2D eigenvalue weighted by atomic mass is 32.2. The molecule has 2 aromatic heterocycles. The lowest BCUT2D eigenvalue weighted by molar-refractivity contribution is 0.759.